The predicted molar refractivity (Wildman–Crippen MR) is 151 cm³/mol. The molecule has 2 aromatic heterocycles. The number of fused-ring (bicyclic) bond motifs is 1. The third kappa shape index (κ3) is 6.61. The molecular weight excluding hydrogens is 450 g/mol. The van der Waals surface area contributed by atoms with Gasteiger partial charge in [-0.1, -0.05) is 44.7 Å². The molecule has 1 fully saturated rings. The highest BCUT2D eigenvalue weighted by Gasteiger charge is 2.18. The average Bonchev–Trinajstić information content (AvgIpc) is 3.22. The van der Waals surface area contributed by atoms with E-state index in [1.54, 1.807) is 0 Å². The van der Waals surface area contributed by atoms with Crippen molar-refractivity contribution >= 4 is 28.5 Å². The number of aromatic nitrogens is 2. The van der Waals surface area contributed by atoms with Crippen molar-refractivity contribution < 1.29 is 0 Å². The molecule has 3 heterocycles. The third-order valence-electron chi connectivity index (χ3n) is 6.72. The second-order valence-corrected chi connectivity index (χ2v) is 11.2. The lowest BCUT2D eigenvalue weighted by molar-refractivity contribution is 0.308. The first kappa shape index (κ1) is 25.6. The number of hydrogen-bond acceptors (Lipinski definition) is 5. The lowest BCUT2D eigenvalue weighted by atomic mass is 9.92. The van der Waals surface area contributed by atoms with Gasteiger partial charge in [0.25, 0.3) is 0 Å². The molecule has 4 rings (SSSR count). The standard InChI is InChI=1S/C29H39N5S/c1-6-34-26(8-7-15-30-25-10-12-28(32-21-25)29(2,3)4)19-23-18-22(9-11-27(23)34)20-31-24-13-16-33(35-5)17-14-24/h9-12,18-19,21,24,30-31H,6,13-17,20H2,1-5H3. The Kier molecular flexibility index (Phi) is 8.43. The van der Waals surface area contributed by atoms with E-state index in [4.69, 9.17) is 0 Å². The van der Waals surface area contributed by atoms with Gasteiger partial charge in [-0.3, -0.25) is 9.29 Å². The molecule has 0 saturated carbocycles. The molecule has 5 nitrogen and oxygen atoms in total. The van der Waals surface area contributed by atoms with Crippen LogP contribution in [0.4, 0.5) is 5.69 Å². The molecule has 1 aromatic carbocycles. The third-order valence-corrected chi connectivity index (χ3v) is 7.60. The van der Waals surface area contributed by atoms with Crippen LogP contribution in [0.3, 0.4) is 0 Å². The fourth-order valence-electron chi connectivity index (χ4n) is 4.60. The Labute approximate surface area is 215 Å². The molecule has 0 atom stereocenters. The minimum atomic E-state index is 0.0630. The van der Waals surface area contributed by atoms with Gasteiger partial charge in [-0.05, 0) is 67.8 Å². The van der Waals surface area contributed by atoms with E-state index in [1.807, 2.05) is 18.1 Å². The van der Waals surface area contributed by atoms with Crippen LogP contribution in [0.25, 0.3) is 10.9 Å². The number of aryl methyl sites for hydroxylation is 1. The number of anilines is 1. The van der Waals surface area contributed by atoms with E-state index in [2.05, 4.69) is 107 Å². The normalized spacial score (nSPS) is 15.2. The molecule has 6 heteroatoms. The maximum absolute atomic E-state index is 4.58. The van der Waals surface area contributed by atoms with E-state index < -0.39 is 0 Å². The molecule has 1 aliphatic heterocycles. The van der Waals surface area contributed by atoms with Crippen LogP contribution >= 0.6 is 11.9 Å². The number of nitrogens with one attached hydrogen (secondary N) is 2. The maximum atomic E-state index is 4.58. The summed E-state index contributed by atoms with van der Waals surface area (Å²) in [6.07, 6.45) is 6.51. The van der Waals surface area contributed by atoms with Crippen molar-refractivity contribution in [2.45, 2.75) is 65.1 Å². The summed E-state index contributed by atoms with van der Waals surface area (Å²) >= 11 is 1.86. The first-order valence-corrected chi connectivity index (χ1v) is 13.9. The highest BCUT2D eigenvalue weighted by molar-refractivity contribution is 7.96. The van der Waals surface area contributed by atoms with Crippen LogP contribution in [-0.4, -0.2) is 45.8 Å². The van der Waals surface area contributed by atoms with Crippen molar-refractivity contribution in [1.29, 1.82) is 0 Å². The Bertz CT molecular complexity index is 1170. The average molecular weight is 490 g/mol. The van der Waals surface area contributed by atoms with Gasteiger partial charge < -0.3 is 15.2 Å². The predicted octanol–water partition coefficient (Wildman–Crippen LogP) is 5.65. The van der Waals surface area contributed by atoms with E-state index in [-0.39, 0.29) is 5.41 Å². The minimum Gasteiger partial charge on any atom is -0.373 e. The van der Waals surface area contributed by atoms with Crippen LogP contribution < -0.4 is 10.6 Å². The van der Waals surface area contributed by atoms with Gasteiger partial charge in [-0.2, -0.15) is 0 Å². The molecule has 0 unspecified atom stereocenters. The summed E-state index contributed by atoms with van der Waals surface area (Å²) in [6.45, 7) is 13.5. The summed E-state index contributed by atoms with van der Waals surface area (Å²) in [7, 11) is 0. The van der Waals surface area contributed by atoms with E-state index in [0.29, 0.717) is 12.6 Å². The highest BCUT2D eigenvalue weighted by atomic mass is 32.2. The van der Waals surface area contributed by atoms with Gasteiger partial charge in [0, 0.05) is 54.2 Å². The number of hydrogen-bond donors (Lipinski definition) is 2. The Morgan fingerprint density at radius 2 is 1.91 bits per heavy atom. The van der Waals surface area contributed by atoms with Crippen LogP contribution in [0.5, 0.6) is 0 Å². The van der Waals surface area contributed by atoms with Crippen molar-refractivity contribution in [3.8, 4) is 11.8 Å². The molecule has 0 spiro atoms. The van der Waals surface area contributed by atoms with E-state index in [9.17, 15) is 0 Å². The number of piperidine rings is 1. The molecule has 0 amide bonds. The van der Waals surface area contributed by atoms with Gasteiger partial charge in [0.1, 0.15) is 0 Å². The summed E-state index contributed by atoms with van der Waals surface area (Å²) in [5.74, 6) is 6.67. The SMILES string of the molecule is CCn1c(C#CCNc2ccc(C(C)(C)C)nc2)cc2cc(CNC3CCN(SC)CC3)ccc21. The van der Waals surface area contributed by atoms with Gasteiger partial charge in [0.2, 0.25) is 0 Å². The van der Waals surface area contributed by atoms with Crippen LogP contribution in [-0.2, 0) is 18.5 Å². The number of rotatable bonds is 7. The van der Waals surface area contributed by atoms with E-state index in [1.165, 1.54) is 42.4 Å². The number of pyridine rings is 1. The molecule has 3 aromatic rings. The first-order valence-electron chi connectivity index (χ1n) is 12.7. The molecule has 1 saturated heterocycles. The minimum absolute atomic E-state index is 0.0630. The first-order chi connectivity index (χ1) is 16.9. The van der Waals surface area contributed by atoms with Crippen LogP contribution in [0.1, 0.15) is 57.5 Å². The van der Waals surface area contributed by atoms with Crippen molar-refractivity contribution in [3.05, 3.63) is 59.5 Å². The summed E-state index contributed by atoms with van der Waals surface area (Å²) in [6, 6.07) is 13.8. The summed E-state index contributed by atoms with van der Waals surface area (Å²) in [5, 5.41) is 8.40. The monoisotopic (exact) mass is 489 g/mol. The van der Waals surface area contributed by atoms with Crippen molar-refractivity contribution in [2.75, 3.05) is 31.2 Å². The van der Waals surface area contributed by atoms with Crippen LogP contribution in [0.15, 0.2) is 42.6 Å². The largest absolute Gasteiger partial charge is 0.373 e. The van der Waals surface area contributed by atoms with Crippen LogP contribution in [0.2, 0.25) is 0 Å². The van der Waals surface area contributed by atoms with Crippen molar-refractivity contribution in [2.24, 2.45) is 0 Å². The Morgan fingerprint density at radius 1 is 1.11 bits per heavy atom. The molecule has 1 aliphatic rings. The van der Waals surface area contributed by atoms with Gasteiger partial charge in [0.05, 0.1) is 24.1 Å². The quantitative estimate of drug-likeness (QED) is 0.332. The Hall–Kier alpha value is -2.46. The zero-order chi connectivity index (χ0) is 24.8. The maximum Gasteiger partial charge on any atom is 0.0931 e. The van der Waals surface area contributed by atoms with Gasteiger partial charge in [-0.15, -0.1) is 0 Å². The van der Waals surface area contributed by atoms with Gasteiger partial charge in [0.15, 0.2) is 0 Å². The molecule has 0 radical (unpaired) electrons. The lowest BCUT2D eigenvalue weighted by Crippen LogP contribution is -2.39. The van der Waals surface area contributed by atoms with Crippen molar-refractivity contribution in [3.63, 3.8) is 0 Å². The van der Waals surface area contributed by atoms with Gasteiger partial charge in [-0.25, -0.2) is 0 Å². The molecular formula is C29H39N5S. The smallest absolute Gasteiger partial charge is 0.0931 e. The van der Waals surface area contributed by atoms with Crippen LogP contribution in [0, 0.1) is 11.8 Å². The molecule has 35 heavy (non-hydrogen) atoms. The Balaban J connectivity index is 1.37. The zero-order valence-electron chi connectivity index (χ0n) is 21.8. The summed E-state index contributed by atoms with van der Waals surface area (Å²) in [5.41, 5.74) is 5.82. The molecule has 0 bridgehead atoms. The molecule has 2 N–H and O–H groups in total. The molecule has 0 aliphatic carbocycles. The zero-order valence-corrected chi connectivity index (χ0v) is 22.6. The number of nitrogens with zero attached hydrogens (tertiary/aromatic N) is 3. The highest BCUT2D eigenvalue weighted by Crippen LogP contribution is 2.23. The molecule has 186 valence electrons. The Morgan fingerprint density at radius 3 is 2.57 bits per heavy atom. The van der Waals surface area contributed by atoms with E-state index in [0.717, 1.165) is 30.2 Å². The summed E-state index contributed by atoms with van der Waals surface area (Å²) < 4.78 is 4.76. The fraction of sp³-hybridized carbons (Fsp3) is 0.483. The lowest BCUT2D eigenvalue weighted by Gasteiger charge is -2.30. The van der Waals surface area contributed by atoms with Gasteiger partial charge >= 0.3 is 0 Å². The number of benzene rings is 1. The summed E-state index contributed by atoms with van der Waals surface area (Å²) in [4.78, 5) is 4.58. The topological polar surface area (TPSA) is 45.1 Å². The second kappa shape index (κ2) is 11.5. The second-order valence-electron chi connectivity index (χ2n) is 10.3. The van der Waals surface area contributed by atoms with Crippen molar-refractivity contribution in [1.82, 2.24) is 19.2 Å². The fourth-order valence-corrected chi connectivity index (χ4v) is 5.18. The van der Waals surface area contributed by atoms with E-state index >= 15 is 0 Å².